The van der Waals surface area contributed by atoms with E-state index < -0.39 is 0 Å². The van der Waals surface area contributed by atoms with Crippen LogP contribution in [-0.2, 0) is 9.53 Å². The van der Waals surface area contributed by atoms with E-state index >= 15 is 0 Å². The zero-order chi connectivity index (χ0) is 14.5. The number of primary amides is 1. The van der Waals surface area contributed by atoms with E-state index in [1.54, 1.807) is 7.11 Å². The lowest BCUT2D eigenvalue weighted by molar-refractivity contribution is -0.120. The van der Waals surface area contributed by atoms with Gasteiger partial charge in [-0.2, -0.15) is 0 Å². The third kappa shape index (κ3) is 5.04. The Hall–Kier alpha value is -0.650. The minimum atomic E-state index is -0.220. The second-order valence-electron chi connectivity index (χ2n) is 6.29. The summed E-state index contributed by atoms with van der Waals surface area (Å²) in [6.45, 7) is 4.88. The van der Waals surface area contributed by atoms with Crippen molar-refractivity contribution in [2.75, 3.05) is 26.8 Å². The first-order valence-corrected chi connectivity index (χ1v) is 7.90. The van der Waals surface area contributed by atoms with Gasteiger partial charge in [0.05, 0.1) is 12.6 Å². The molecule has 2 atom stereocenters. The molecule has 2 unspecified atom stereocenters. The van der Waals surface area contributed by atoms with Gasteiger partial charge < -0.3 is 15.8 Å². The molecule has 20 heavy (non-hydrogen) atoms. The van der Waals surface area contributed by atoms with Gasteiger partial charge in [-0.15, -0.1) is 0 Å². The molecule has 116 valence electrons. The fraction of sp³-hybridized carbons (Fsp3) is 0.933. The summed E-state index contributed by atoms with van der Waals surface area (Å²) in [7, 11) is 1.74. The fourth-order valence-electron chi connectivity index (χ4n) is 2.74. The van der Waals surface area contributed by atoms with Gasteiger partial charge in [-0.05, 0) is 44.9 Å². The van der Waals surface area contributed by atoms with Crippen LogP contribution in [0.4, 0.5) is 0 Å². The first-order valence-electron chi connectivity index (χ1n) is 7.90. The molecule has 2 saturated carbocycles. The maximum absolute atomic E-state index is 11.5. The van der Waals surface area contributed by atoms with Gasteiger partial charge in [0, 0.05) is 32.3 Å². The van der Waals surface area contributed by atoms with E-state index in [0.29, 0.717) is 12.1 Å². The van der Waals surface area contributed by atoms with Crippen LogP contribution in [0.25, 0.3) is 0 Å². The number of methoxy groups -OCH3 is 1. The van der Waals surface area contributed by atoms with Crippen molar-refractivity contribution >= 4 is 5.91 Å². The molecule has 0 heterocycles. The molecule has 3 N–H and O–H groups in total. The van der Waals surface area contributed by atoms with Crippen molar-refractivity contribution in [3.8, 4) is 0 Å². The van der Waals surface area contributed by atoms with Gasteiger partial charge in [-0.3, -0.25) is 9.69 Å². The summed E-state index contributed by atoms with van der Waals surface area (Å²) < 4.78 is 5.20. The van der Waals surface area contributed by atoms with E-state index in [1.165, 1.54) is 25.7 Å². The van der Waals surface area contributed by atoms with Crippen molar-refractivity contribution in [1.82, 2.24) is 10.2 Å². The molecule has 1 amide bonds. The van der Waals surface area contributed by atoms with E-state index in [1.807, 2.05) is 0 Å². The molecule has 0 saturated heterocycles. The number of carbonyl (C=O) groups is 1. The molecule has 0 aromatic heterocycles. The predicted molar refractivity (Wildman–Crippen MR) is 79.4 cm³/mol. The van der Waals surface area contributed by atoms with Crippen molar-refractivity contribution in [2.45, 2.75) is 57.2 Å². The Morgan fingerprint density at radius 1 is 1.35 bits per heavy atom. The second kappa shape index (κ2) is 7.38. The Bertz CT molecular complexity index is 316. The maximum atomic E-state index is 11.5. The average molecular weight is 283 g/mol. The molecule has 0 aromatic carbocycles. The summed E-state index contributed by atoms with van der Waals surface area (Å²) in [5.41, 5.74) is 5.50. The standard InChI is InChI=1S/C15H29N3O2/c1-11(12-3-4-12)18(9-10-20-2)8-7-14(15(16)19)17-13-5-6-13/h11-14,17H,3-10H2,1-2H3,(H2,16,19). The SMILES string of the molecule is COCCN(CCC(NC1CC1)C(N)=O)C(C)C1CC1. The Kier molecular flexibility index (Phi) is 5.81. The van der Waals surface area contributed by atoms with Gasteiger partial charge >= 0.3 is 0 Å². The van der Waals surface area contributed by atoms with E-state index in [4.69, 9.17) is 10.5 Å². The van der Waals surface area contributed by atoms with Crippen molar-refractivity contribution < 1.29 is 9.53 Å². The zero-order valence-corrected chi connectivity index (χ0v) is 12.8. The largest absolute Gasteiger partial charge is 0.383 e. The Morgan fingerprint density at radius 3 is 2.55 bits per heavy atom. The molecule has 2 aliphatic carbocycles. The third-order valence-electron chi connectivity index (χ3n) is 4.53. The van der Waals surface area contributed by atoms with Crippen LogP contribution in [0.5, 0.6) is 0 Å². The minimum absolute atomic E-state index is 0.182. The van der Waals surface area contributed by atoms with Gasteiger partial charge in [0.15, 0.2) is 0 Å². The molecule has 2 fully saturated rings. The van der Waals surface area contributed by atoms with Crippen molar-refractivity contribution in [2.24, 2.45) is 11.7 Å². The number of rotatable bonds is 11. The summed E-state index contributed by atoms with van der Waals surface area (Å²) in [6.07, 6.45) is 5.83. The lowest BCUT2D eigenvalue weighted by Crippen LogP contribution is -2.46. The van der Waals surface area contributed by atoms with Gasteiger partial charge in [-0.1, -0.05) is 0 Å². The monoisotopic (exact) mass is 283 g/mol. The Balaban J connectivity index is 1.79. The highest BCUT2D eigenvalue weighted by Gasteiger charge is 2.33. The summed E-state index contributed by atoms with van der Waals surface area (Å²) in [5.74, 6) is 0.609. The minimum Gasteiger partial charge on any atom is -0.383 e. The second-order valence-corrected chi connectivity index (χ2v) is 6.29. The number of ether oxygens (including phenoxy) is 1. The van der Waals surface area contributed by atoms with E-state index in [2.05, 4.69) is 17.1 Å². The van der Waals surface area contributed by atoms with Crippen LogP contribution in [0.1, 0.15) is 39.0 Å². The average Bonchev–Trinajstić information content (AvgIpc) is 3.28. The molecule has 0 aliphatic heterocycles. The number of hydrogen-bond donors (Lipinski definition) is 2. The van der Waals surface area contributed by atoms with Crippen LogP contribution in [0, 0.1) is 5.92 Å². The number of nitrogens with two attached hydrogens (primary N) is 1. The molecule has 0 bridgehead atoms. The topological polar surface area (TPSA) is 67.6 Å². The van der Waals surface area contributed by atoms with Crippen LogP contribution < -0.4 is 11.1 Å². The summed E-state index contributed by atoms with van der Waals surface area (Å²) >= 11 is 0. The summed E-state index contributed by atoms with van der Waals surface area (Å²) in [4.78, 5) is 14.0. The van der Waals surface area contributed by atoms with Gasteiger partial charge in [0.25, 0.3) is 0 Å². The zero-order valence-electron chi connectivity index (χ0n) is 12.8. The molecule has 2 aliphatic rings. The van der Waals surface area contributed by atoms with E-state index in [0.717, 1.165) is 32.0 Å². The molecule has 2 rings (SSSR count). The number of amides is 1. The highest BCUT2D eigenvalue weighted by Crippen LogP contribution is 2.35. The molecule has 5 heteroatoms. The molecule has 0 aromatic rings. The Labute approximate surface area is 122 Å². The quantitative estimate of drug-likeness (QED) is 0.586. The predicted octanol–water partition coefficient (Wildman–Crippen LogP) is 0.729. The Morgan fingerprint density at radius 2 is 2.05 bits per heavy atom. The van der Waals surface area contributed by atoms with Crippen LogP contribution in [0.15, 0.2) is 0 Å². The van der Waals surface area contributed by atoms with Crippen LogP contribution in [0.2, 0.25) is 0 Å². The smallest absolute Gasteiger partial charge is 0.234 e. The van der Waals surface area contributed by atoms with Crippen molar-refractivity contribution in [1.29, 1.82) is 0 Å². The van der Waals surface area contributed by atoms with E-state index in [9.17, 15) is 4.79 Å². The molecular weight excluding hydrogens is 254 g/mol. The van der Waals surface area contributed by atoms with Crippen molar-refractivity contribution in [3.63, 3.8) is 0 Å². The molecule has 0 spiro atoms. The first-order chi connectivity index (χ1) is 9.61. The van der Waals surface area contributed by atoms with Crippen LogP contribution in [-0.4, -0.2) is 55.7 Å². The van der Waals surface area contributed by atoms with E-state index in [-0.39, 0.29) is 11.9 Å². The number of nitrogens with one attached hydrogen (secondary N) is 1. The number of hydrogen-bond acceptors (Lipinski definition) is 4. The summed E-state index contributed by atoms with van der Waals surface area (Å²) in [6, 6.07) is 0.916. The maximum Gasteiger partial charge on any atom is 0.234 e. The lowest BCUT2D eigenvalue weighted by Gasteiger charge is -2.30. The van der Waals surface area contributed by atoms with Crippen LogP contribution in [0.3, 0.4) is 0 Å². The highest BCUT2D eigenvalue weighted by atomic mass is 16.5. The normalized spacial score (nSPS) is 21.9. The molecule has 0 radical (unpaired) electrons. The third-order valence-corrected chi connectivity index (χ3v) is 4.53. The number of nitrogens with zero attached hydrogens (tertiary/aromatic N) is 1. The summed E-state index contributed by atoms with van der Waals surface area (Å²) in [5, 5.41) is 3.35. The fourth-order valence-corrected chi connectivity index (χ4v) is 2.74. The molecular formula is C15H29N3O2. The number of carbonyl (C=O) groups excluding carboxylic acids is 1. The van der Waals surface area contributed by atoms with Gasteiger partial charge in [0.2, 0.25) is 5.91 Å². The molecule has 5 nitrogen and oxygen atoms in total. The van der Waals surface area contributed by atoms with Gasteiger partial charge in [-0.25, -0.2) is 0 Å². The van der Waals surface area contributed by atoms with Crippen LogP contribution >= 0.6 is 0 Å². The highest BCUT2D eigenvalue weighted by molar-refractivity contribution is 5.79. The first kappa shape index (κ1) is 15.7. The van der Waals surface area contributed by atoms with Gasteiger partial charge in [0.1, 0.15) is 0 Å². The lowest BCUT2D eigenvalue weighted by atomic mass is 10.1. The van der Waals surface area contributed by atoms with Crippen molar-refractivity contribution in [3.05, 3.63) is 0 Å².